The van der Waals surface area contributed by atoms with Gasteiger partial charge in [0.1, 0.15) is 5.69 Å². The zero-order valence-corrected chi connectivity index (χ0v) is 7.36. The van der Waals surface area contributed by atoms with Gasteiger partial charge in [0, 0.05) is 6.20 Å². The van der Waals surface area contributed by atoms with Crippen LogP contribution in [-0.2, 0) is 6.18 Å². The lowest BCUT2D eigenvalue weighted by atomic mass is 10.2. The molecular formula is C8H3F6NO. The van der Waals surface area contributed by atoms with E-state index in [0.717, 1.165) is 0 Å². The van der Waals surface area contributed by atoms with E-state index in [9.17, 15) is 31.1 Å². The molecule has 0 aromatic carbocycles. The molecule has 0 aliphatic heterocycles. The number of rotatable bonds is 1. The number of aromatic nitrogens is 1. The van der Waals surface area contributed by atoms with Crippen LogP contribution in [0.1, 0.15) is 16.1 Å². The Morgan fingerprint density at radius 2 is 1.62 bits per heavy atom. The van der Waals surface area contributed by atoms with Gasteiger partial charge in [-0.05, 0) is 12.1 Å². The number of alkyl halides is 6. The van der Waals surface area contributed by atoms with E-state index >= 15 is 0 Å². The Morgan fingerprint density at radius 1 is 1.06 bits per heavy atom. The number of ketones is 1. The molecule has 0 bridgehead atoms. The first-order chi connectivity index (χ1) is 7.12. The monoisotopic (exact) mass is 243 g/mol. The van der Waals surface area contributed by atoms with Crippen LogP contribution in [0.2, 0.25) is 0 Å². The molecule has 0 aliphatic rings. The summed E-state index contributed by atoms with van der Waals surface area (Å²) >= 11 is 0. The molecule has 0 saturated heterocycles. The largest absolute Gasteiger partial charge is 0.456 e. The van der Waals surface area contributed by atoms with Gasteiger partial charge in [0.15, 0.2) is 0 Å². The first-order valence-corrected chi connectivity index (χ1v) is 3.77. The lowest BCUT2D eigenvalue weighted by Crippen LogP contribution is -2.24. The van der Waals surface area contributed by atoms with Crippen LogP contribution in [0.25, 0.3) is 0 Å². The Bertz CT molecular complexity index is 390. The first kappa shape index (κ1) is 12.5. The highest BCUT2D eigenvalue weighted by molar-refractivity contribution is 5.98. The summed E-state index contributed by atoms with van der Waals surface area (Å²) in [5.74, 6) is -2.28. The highest BCUT2D eigenvalue weighted by Crippen LogP contribution is 2.29. The van der Waals surface area contributed by atoms with Crippen LogP contribution in [0.15, 0.2) is 18.3 Å². The number of hydrogen-bond acceptors (Lipinski definition) is 2. The third-order valence-electron chi connectivity index (χ3n) is 1.58. The number of nitrogens with zero attached hydrogens (tertiary/aromatic N) is 1. The first-order valence-electron chi connectivity index (χ1n) is 3.77. The molecule has 1 heterocycles. The molecule has 88 valence electrons. The van der Waals surface area contributed by atoms with Crippen molar-refractivity contribution in [1.29, 1.82) is 0 Å². The van der Waals surface area contributed by atoms with Crippen molar-refractivity contribution in [2.45, 2.75) is 12.4 Å². The van der Waals surface area contributed by atoms with E-state index < -0.39 is 29.4 Å². The fourth-order valence-electron chi connectivity index (χ4n) is 0.841. The Labute approximate surface area is 84.9 Å². The van der Waals surface area contributed by atoms with E-state index in [2.05, 4.69) is 4.98 Å². The van der Waals surface area contributed by atoms with Gasteiger partial charge in [-0.15, -0.1) is 0 Å². The summed E-state index contributed by atoms with van der Waals surface area (Å²) in [7, 11) is 0. The number of carbonyl (C=O) groups is 1. The van der Waals surface area contributed by atoms with Crippen molar-refractivity contribution in [3.8, 4) is 0 Å². The van der Waals surface area contributed by atoms with Crippen molar-refractivity contribution in [2.24, 2.45) is 0 Å². The molecule has 1 aromatic rings. The Kier molecular flexibility index (Phi) is 2.93. The third kappa shape index (κ3) is 2.71. The second kappa shape index (κ2) is 3.76. The summed E-state index contributed by atoms with van der Waals surface area (Å²) in [6.45, 7) is 0. The van der Waals surface area contributed by atoms with Gasteiger partial charge in [0.2, 0.25) is 0 Å². The Morgan fingerprint density at radius 3 is 1.94 bits per heavy atom. The Balaban J connectivity index is 3.01. The molecule has 1 aromatic heterocycles. The lowest BCUT2D eigenvalue weighted by molar-refractivity contribution is -0.137. The fraction of sp³-hybridized carbons (Fsp3) is 0.250. The lowest BCUT2D eigenvalue weighted by Gasteiger charge is -2.07. The van der Waals surface area contributed by atoms with Gasteiger partial charge >= 0.3 is 12.4 Å². The van der Waals surface area contributed by atoms with Crippen molar-refractivity contribution < 1.29 is 31.1 Å². The van der Waals surface area contributed by atoms with Crippen molar-refractivity contribution in [2.75, 3.05) is 0 Å². The second-order valence-electron chi connectivity index (χ2n) is 2.76. The summed E-state index contributed by atoms with van der Waals surface area (Å²) in [6.07, 6.45) is -9.67. The van der Waals surface area contributed by atoms with Crippen LogP contribution in [-0.4, -0.2) is 16.9 Å². The van der Waals surface area contributed by atoms with Gasteiger partial charge in [0.05, 0.1) is 5.56 Å². The van der Waals surface area contributed by atoms with E-state index in [0.29, 0.717) is 12.1 Å². The summed E-state index contributed by atoms with van der Waals surface area (Å²) < 4.78 is 71.6. The molecule has 0 aliphatic carbocycles. The molecule has 1 rings (SSSR count). The minimum atomic E-state index is -5.15. The van der Waals surface area contributed by atoms with Crippen molar-refractivity contribution in [3.05, 3.63) is 29.6 Å². The topological polar surface area (TPSA) is 30.0 Å². The molecule has 0 N–H and O–H groups in total. The van der Waals surface area contributed by atoms with Crippen LogP contribution in [0.5, 0.6) is 0 Å². The normalized spacial score (nSPS) is 12.6. The van der Waals surface area contributed by atoms with Gasteiger partial charge in [-0.25, -0.2) is 0 Å². The van der Waals surface area contributed by atoms with Gasteiger partial charge < -0.3 is 0 Å². The number of halogens is 6. The molecule has 0 spiro atoms. The predicted octanol–water partition coefficient (Wildman–Crippen LogP) is 2.85. The molecule has 0 atom stereocenters. The molecular weight excluding hydrogens is 240 g/mol. The maximum Gasteiger partial charge on any atom is 0.456 e. The zero-order valence-electron chi connectivity index (χ0n) is 7.36. The average Bonchev–Trinajstić information content (AvgIpc) is 2.14. The smallest absolute Gasteiger partial charge is 0.282 e. The average molecular weight is 243 g/mol. The molecule has 8 heteroatoms. The summed E-state index contributed by atoms with van der Waals surface area (Å²) in [5.41, 5.74) is -2.29. The van der Waals surface area contributed by atoms with E-state index in [1.165, 1.54) is 0 Å². The van der Waals surface area contributed by atoms with E-state index in [4.69, 9.17) is 0 Å². The van der Waals surface area contributed by atoms with Crippen LogP contribution < -0.4 is 0 Å². The predicted molar refractivity (Wildman–Crippen MR) is 39.6 cm³/mol. The maximum atomic E-state index is 12.0. The minimum Gasteiger partial charge on any atom is -0.282 e. The van der Waals surface area contributed by atoms with E-state index in [-0.39, 0.29) is 6.20 Å². The standard InChI is InChI=1S/C8H3F6NO/c9-7(10,11)4-1-2-5(15-3-4)6(16)8(12,13)14/h1-3H. The molecule has 0 radical (unpaired) electrons. The summed E-state index contributed by atoms with van der Waals surface area (Å²) in [6, 6.07) is 0.755. The highest BCUT2D eigenvalue weighted by atomic mass is 19.4. The quantitative estimate of drug-likeness (QED) is 0.560. The van der Waals surface area contributed by atoms with Crippen LogP contribution >= 0.6 is 0 Å². The third-order valence-corrected chi connectivity index (χ3v) is 1.58. The number of carbonyl (C=O) groups excluding carboxylic acids is 1. The van der Waals surface area contributed by atoms with Gasteiger partial charge in [-0.2, -0.15) is 26.3 Å². The van der Waals surface area contributed by atoms with Gasteiger partial charge in [0.25, 0.3) is 5.78 Å². The van der Waals surface area contributed by atoms with Crippen molar-refractivity contribution >= 4 is 5.78 Å². The highest BCUT2D eigenvalue weighted by Gasteiger charge is 2.40. The number of hydrogen-bond donors (Lipinski definition) is 0. The summed E-state index contributed by atoms with van der Waals surface area (Å²) in [5, 5.41) is 0. The van der Waals surface area contributed by atoms with E-state index in [1.807, 2.05) is 0 Å². The molecule has 0 fully saturated rings. The Hall–Kier alpha value is -1.60. The second-order valence-corrected chi connectivity index (χ2v) is 2.76. The molecule has 16 heavy (non-hydrogen) atoms. The number of pyridine rings is 1. The SMILES string of the molecule is O=C(c1ccc(C(F)(F)F)cn1)C(F)(F)F. The van der Waals surface area contributed by atoms with Crippen LogP contribution in [0.4, 0.5) is 26.3 Å². The van der Waals surface area contributed by atoms with E-state index in [1.54, 1.807) is 0 Å². The number of Topliss-reactive ketones (excluding diaryl/α,β-unsaturated/α-hetero) is 1. The minimum absolute atomic E-state index is 0.180. The van der Waals surface area contributed by atoms with Crippen LogP contribution in [0, 0.1) is 0 Å². The fourth-order valence-corrected chi connectivity index (χ4v) is 0.841. The molecule has 2 nitrogen and oxygen atoms in total. The maximum absolute atomic E-state index is 12.0. The van der Waals surface area contributed by atoms with Crippen molar-refractivity contribution in [3.63, 3.8) is 0 Å². The van der Waals surface area contributed by atoms with Gasteiger partial charge in [-0.1, -0.05) is 0 Å². The van der Waals surface area contributed by atoms with Crippen molar-refractivity contribution in [1.82, 2.24) is 4.98 Å². The molecule has 0 unspecified atom stereocenters. The van der Waals surface area contributed by atoms with Crippen LogP contribution in [0.3, 0.4) is 0 Å². The summed E-state index contributed by atoms with van der Waals surface area (Å²) in [4.78, 5) is 13.4. The zero-order chi connectivity index (χ0) is 12.6. The molecule has 0 saturated carbocycles. The molecule has 0 amide bonds. The van der Waals surface area contributed by atoms with Gasteiger partial charge in [-0.3, -0.25) is 9.78 Å².